The maximum Gasteiger partial charge on any atom is 0.0700 e. The Morgan fingerprint density at radius 2 is 2.11 bits per heavy atom. The lowest BCUT2D eigenvalue weighted by Gasteiger charge is -2.39. The first kappa shape index (κ1) is 16.9. The SMILES string of the molecule is CCNC(C)C1CCCCN1CCCOCCOC. The van der Waals surface area contributed by atoms with E-state index < -0.39 is 0 Å². The fourth-order valence-corrected chi connectivity index (χ4v) is 2.93. The topological polar surface area (TPSA) is 33.7 Å². The number of hydrogen-bond acceptors (Lipinski definition) is 4. The summed E-state index contributed by atoms with van der Waals surface area (Å²) < 4.78 is 10.5. The van der Waals surface area contributed by atoms with Gasteiger partial charge in [-0.1, -0.05) is 13.3 Å². The van der Waals surface area contributed by atoms with Crippen LogP contribution in [0.15, 0.2) is 0 Å². The predicted octanol–water partition coefficient (Wildman–Crippen LogP) is 1.89. The van der Waals surface area contributed by atoms with Gasteiger partial charge in [0.15, 0.2) is 0 Å². The van der Waals surface area contributed by atoms with E-state index in [0.29, 0.717) is 25.3 Å². The van der Waals surface area contributed by atoms with Gasteiger partial charge < -0.3 is 14.8 Å². The van der Waals surface area contributed by atoms with E-state index in [1.807, 2.05) is 0 Å². The molecule has 1 heterocycles. The Kier molecular flexibility index (Phi) is 9.43. The van der Waals surface area contributed by atoms with Crippen LogP contribution in [0, 0.1) is 0 Å². The molecule has 0 aromatic heterocycles. The molecule has 1 aliphatic rings. The lowest BCUT2D eigenvalue weighted by atomic mass is 9.96. The van der Waals surface area contributed by atoms with Gasteiger partial charge in [0.2, 0.25) is 0 Å². The molecule has 1 saturated heterocycles. The zero-order valence-electron chi connectivity index (χ0n) is 13.0. The Hall–Kier alpha value is -0.160. The van der Waals surface area contributed by atoms with Crippen molar-refractivity contribution in [2.75, 3.05) is 46.6 Å². The van der Waals surface area contributed by atoms with Crippen LogP contribution in [0.3, 0.4) is 0 Å². The molecule has 2 unspecified atom stereocenters. The largest absolute Gasteiger partial charge is 0.382 e. The first-order chi connectivity index (χ1) is 9.29. The van der Waals surface area contributed by atoms with Gasteiger partial charge in [-0.2, -0.15) is 0 Å². The van der Waals surface area contributed by atoms with Gasteiger partial charge in [0, 0.05) is 32.3 Å². The zero-order chi connectivity index (χ0) is 13.9. The molecule has 0 spiro atoms. The van der Waals surface area contributed by atoms with E-state index in [1.54, 1.807) is 7.11 Å². The highest BCUT2D eigenvalue weighted by Gasteiger charge is 2.26. The number of hydrogen-bond donors (Lipinski definition) is 1. The summed E-state index contributed by atoms with van der Waals surface area (Å²) in [4.78, 5) is 2.65. The number of methoxy groups -OCH3 is 1. The van der Waals surface area contributed by atoms with Crippen molar-refractivity contribution >= 4 is 0 Å². The van der Waals surface area contributed by atoms with Crippen LogP contribution < -0.4 is 5.32 Å². The van der Waals surface area contributed by atoms with Crippen LogP contribution in [0.25, 0.3) is 0 Å². The Morgan fingerprint density at radius 3 is 2.84 bits per heavy atom. The average molecular weight is 272 g/mol. The van der Waals surface area contributed by atoms with Gasteiger partial charge in [-0.25, -0.2) is 0 Å². The quantitative estimate of drug-likeness (QED) is 0.616. The zero-order valence-corrected chi connectivity index (χ0v) is 13.0. The molecule has 0 saturated carbocycles. The van der Waals surface area contributed by atoms with Crippen LogP contribution in [-0.2, 0) is 9.47 Å². The second-order valence-corrected chi connectivity index (χ2v) is 5.40. The number of rotatable bonds is 10. The van der Waals surface area contributed by atoms with Crippen molar-refractivity contribution in [2.45, 2.75) is 51.6 Å². The van der Waals surface area contributed by atoms with Crippen LogP contribution in [0.1, 0.15) is 39.5 Å². The third-order valence-corrected chi connectivity index (χ3v) is 3.93. The third-order valence-electron chi connectivity index (χ3n) is 3.93. The molecule has 0 aromatic carbocycles. The van der Waals surface area contributed by atoms with Crippen molar-refractivity contribution < 1.29 is 9.47 Å². The fraction of sp³-hybridized carbons (Fsp3) is 1.00. The van der Waals surface area contributed by atoms with Crippen LogP contribution in [0.4, 0.5) is 0 Å². The Morgan fingerprint density at radius 1 is 1.26 bits per heavy atom. The summed E-state index contributed by atoms with van der Waals surface area (Å²) in [6, 6.07) is 1.30. The van der Waals surface area contributed by atoms with Crippen molar-refractivity contribution in [1.82, 2.24) is 10.2 Å². The molecule has 1 fully saturated rings. The number of piperidine rings is 1. The standard InChI is InChI=1S/C15H32N2O2/c1-4-16-14(2)15-8-5-6-9-17(15)10-7-11-19-13-12-18-3/h14-16H,4-13H2,1-3H3. The van der Waals surface area contributed by atoms with Crippen molar-refractivity contribution in [2.24, 2.45) is 0 Å². The van der Waals surface area contributed by atoms with Crippen molar-refractivity contribution in [3.63, 3.8) is 0 Å². The molecule has 4 heteroatoms. The minimum atomic E-state index is 0.597. The van der Waals surface area contributed by atoms with E-state index in [0.717, 1.165) is 26.1 Å². The van der Waals surface area contributed by atoms with Gasteiger partial charge in [-0.3, -0.25) is 4.90 Å². The smallest absolute Gasteiger partial charge is 0.0700 e. The van der Waals surface area contributed by atoms with E-state index in [2.05, 4.69) is 24.1 Å². The average Bonchev–Trinajstić information content (AvgIpc) is 2.43. The summed E-state index contributed by atoms with van der Waals surface area (Å²) in [5.41, 5.74) is 0. The van der Waals surface area contributed by atoms with Gasteiger partial charge in [0.25, 0.3) is 0 Å². The molecule has 114 valence electrons. The van der Waals surface area contributed by atoms with Gasteiger partial charge in [0.1, 0.15) is 0 Å². The monoisotopic (exact) mass is 272 g/mol. The molecule has 0 aromatic rings. The van der Waals surface area contributed by atoms with Gasteiger partial charge >= 0.3 is 0 Å². The molecule has 1 aliphatic heterocycles. The highest BCUT2D eigenvalue weighted by Crippen LogP contribution is 2.19. The maximum absolute atomic E-state index is 5.54. The first-order valence-electron chi connectivity index (χ1n) is 7.83. The third kappa shape index (κ3) is 6.70. The molecule has 0 bridgehead atoms. The number of ether oxygens (including phenoxy) is 2. The maximum atomic E-state index is 5.54. The van der Waals surface area contributed by atoms with E-state index in [4.69, 9.17) is 9.47 Å². The van der Waals surface area contributed by atoms with Crippen molar-refractivity contribution in [3.8, 4) is 0 Å². The molecule has 4 nitrogen and oxygen atoms in total. The van der Waals surface area contributed by atoms with Crippen LogP contribution >= 0.6 is 0 Å². The lowest BCUT2D eigenvalue weighted by Crippen LogP contribution is -2.51. The highest BCUT2D eigenvalue weighted by molar-refractivity contribution is 4.84. The number of nitrogens with zero attached hydrogens (tertiary/aromatic N) is 1. The van der Waals surface area contributed by atoms with E-state index >= 15 is 0 Å². The normalized spacial score (nSPS) is 22.6. The van der Waals surface area contributed by atoms with Crippen molar-refractivity contribution in [1.29, 1.82) is 0 Å². The second kappa shape index (κ2) is 10.6. The number of nitrogens with one attached hydrogen (secondary N) is 1. The molecule has 0 aliphatic carbocycles. The van der Waals surface area contributed by atoms with Crippen LogP contribution in [-0.4, -0.2) is 63.5 Å². The second-order valence-electron chi connectivity index (χ2n) is 5.40. The number of likely N-dealkylation sites (tertiary alicyclic amines) is 1. The molecule has 0 radical (unpaired) electrons. The molecule has 0 amide bonds. The summed E-state index contributed by atoms with van der Waals surface area (Å²) in [7, 11) is 1.71. The fourth-order valence-electron chi connectivity index (χ4n) is 2.93. The van der Waals surface area contributed by atoms with E-state index in [-0.39, 0.29) is 0 Å². The molecule has 19 heavy (non-hydrogen) atoms. The number of likely N-dealkylation sites (N-methyl/N-ethyl adjacent to an activating group) is 1. The summed E-state index contributed by atoms with van der Waals surface area (Å²) in [5.74, 6) is 0. The first-order valence-corrected chi connectivity index (χ1v) is 7.83. The Bertz CT molecular complexity index is 214. The molecule has 1 rings (SSSR count). The minimum Gasteiger partial charge on any atom is -0.382 e. The van der Waals surface area contributed by atoms with Crippen LogP contribution in [0.5, 0.6) is 0 Å². The molecule has 1 N–H and O–H groups in total. The van der Waals surface area contributed by atoms with E-state index in [1.165, 1.54) is 25.8 Å². The summed E-state index contributed by atoms with van der Waals surface area (Å²) in [6.45, 7) is 10.2. The van der Waals surface area contributed by atoms with Gasteiger partial charge in [-0.15, -0.1) is 0 Å². The Balaban J connectivity index is 2.20. The van der Waals surface area contributed by atoms with Gasteiger partial charge in [-0.05, 0) is 39.3 Å². The predicted molar refractivity (Wildman–Crippen MR) is 79.7 cm³/mol. The van der Waals surface area contributed by atoms with Gasteiger partial charge in [0.05, 0.1) is 13.2 Å². The lowest BCUT2D eigenvalue weighted by molar-refractivity contribution is 0.0563. The van der Waals surface area contributed by atoms with E-state index in [9.17, 15) is 0 Å². The summed E-state index contributed by atoms with van der Waals surface area (Å²) >= 11 is 0. The minimum absolute atomic E-state index is 0.597. The molecular weight excluding hydrogens is 240 g/mol. The highest BCUT2D eigenvalue weighted by atomic mass is 16.5. The summed E-state index contributed by atoms with van der Waals surface area (Å²) in [5, 5.41) is 3.57. The Labute approximate surface area is 118 Å². The molecular formula is C15H32N2O2. The van der Waals surface area contributed by atoms with Crippen LogP contribution in [0.2, 0.25) is 0 Å². The summed E-state index contributed by atoms with van der Waals surface area (Å²) in [6.07, 6.45) is 5.18. The molecule has 2 atom stereocenters. The van der Waals surface area contributed by atoms with Crippen molar-refractivity contribution in [3.05, 3.63) is 0 Å².